The van der Waals surface area contributed by atoms with Gasteiger partial charge < -0.3 is 15.3 Å². The Morgan fingerprint density at radius 1 is 1.32 bits per heavy atom. The molecule has 19 heavy (non-hydrogen) atoms. The van der Waals surface area contributed by atoms with E-state index in [9.17, 15) is 28.2 Å². The Kier molecular flexibility index (Phi) is 4.78. The van der Waals surface area contributed by atoms with Crippen LogP contribution >= 0.6 is 11.6 Å². The highest BCUT2D eigenvalue weighted by Gasteiger charge is 2.33. The van der Waals surface area contributed by atoms with E-state index in [1.807, 2.05) is 0 Å². The molecule has 3 N–H and O–H groups in total. The van der Waals surface area contributed by atoms with Gasteiger partial charge in [-0.25, -0.2) is 4.79 Å². The number of hydrogen-bond acceptors (Lipinski definition) is 3. The monoisotopic (exact) mass is 298 g/mol. The summed E-state index contributed by atoms with van der Waals surface area (Å²) in [5.74, 6) is -1.96. The quantitative estimate of drug-likeness (QED) is 0.743. The van der Waals surface area contributed by atoms with Gasteiger partial charge >= 0.3 is 12.1 Å². The second-order valence-electron chi connectivity index (χ2n) is 3.77. The molecule has 0 radical (unpaired) electrons. The van der Waals surface area contributed by atoms with E-state index < -0.39 is 46.9 Å². The van der Waals surface area contributed by atoms with Gasteiger partial charge in [-0.15, -0.1) is 11.6 Å². The summed E-state index contributed by atoms with van der Waals surface area (Å²) in [7, 11) is 0. The van der Waals surface area contributed by atoms with E-state index in [-0.39, 0.29) is 0 Å². The molecule has 106 valence electrons. The lowest BCUT2D eigenvalue weighted by Gasteiger charge is -2.19. The molecular weight excluding hydrogens is 289 g/mol. The predicted molar refractivity (Wildman–Crippen MR) is 60.1 cm³/mol. The molecule has 0 aromatic heterocycles. The van der Waals surface area contributed by atoms with Crippen LogP contribution in [-0.4, -0.2) is 33.3 Å². The molecule has 1 aromatic rings. The third-order valence-corrected chi connectivity index (χ3v) is 2.77. The van der Waals surface area contributed by atoms with Gasteiger partial charge in [0, 0.05) is 0 Å². The highest BCUT2D eigenvalue weighted by molar-refractivity contribution is 6.18. The van der Waals surface area contributed by atoms with Gasteiger partial charge in [-0.2, -0.15) is 13.2 Å². The Hall–Kier alpha value is -1.31. The van der Waals surface area contributed by atoms with Crippen LogP contribution in [0.25, 0.3) is 0 Å². The largest absolute Gasteiger partial charge is 0.478 e. The summed E-state index contributed by atoms with van der Waals surface area (Å²) in [5, 5.41) is 27.8. The number of alkyl halides is 4. The Bertz CT molecular complexity index is 475. The summed E-state index contributed by atoms with van der Waals surface area (Å²) in [6.07, 6.45) is -8.06. The van der Waals surface area contributed by atoms with E-state index in [0.717, 1.165) is 6.07 Å². The Labute approximate surface area is 111 Å². The lowest BCUT2D eigenvalue weighted by atomic mass is 9.96. The first-order chi connectivity index (χ1) is 8.68. The van der Waals surface area contributed by atoms with E-state index in [1.54, 1.807) is 0 Å². The van der Waals surface area contributed by atoms with Gasteiger partial charge in [0.15, 0.2) is 0 Å². The molecule has 0 saturated carbocycles. The van der Waals surface area contributed by atoms with Gasteiger partial charge in [0.05, 0.1) is 23.1 Å². The van der Waals surface area contributed by atoms with Crippen LogP contribution in [0.2, 0.25) is 0 Å². The molecule has 2 atom stereocenters. The van der Waals surface area contributed by atoms with Gasteiger partial charge in [0.1, 0.15) is 6.10 Å². The standard InChI is InChI=1S/C11H10ClF3O4/c12-4-8(16)9(17)7-3-5(11(13,14)15)1-2-6(7)10(18)19/h1-3,8-9,16-17H,4H2,(H,18,19). The zero-order valence-electron chi connectivity index (χ0n) is 9.36. The molecule has 4 nitrogen and oxygen atoms in total. The first kappa shape index (κ1) is 15.7. The van der Waals surface area contributed by atoms with Crippen LogP contribution in [0.3, 0.4) is 0 Å². The molecule has 0 spiro atoms. The number of hydrogen-bond donors (Lipinski definition) is 3. The smallest absolute Gasteiger partial charge is 0.416 e. The molecule has 2 unspecified atom stereocenters. The van der Waals surface area contributed by atoms with Crippen molar-refractivity contribution in [1.82, 2.24) is 0 Å². The van der Waals surface area contributed by atoms with Crippen LogP contribution in [0, 0.1) is 0 Å². The highest BCUT2D eigenvalue weighted by atomic mass is 35.5. The first-order valence-electron chi connectivity index (χ1n) is 5.05. The molecular formula is C11H10ClF3O4. The molecule has 0 fully saturated rings. The first-order valence-corrected chi connectivity index (χ1v) is 5.58. The summed E-state index contributed by atoms with van der Waals surface area (Å²) < 4.78 is 37.6. The van der Waals surface area contributed by atoms with Crippen molar-refractivity contribution < 1.29 is 33.3 Å². The maximum atomic E-state index is 12.5. The maximum absolute atomic E-state index is 12.5. The predicted octanol–water partition coefficient (Wildman–Crippen LogP) is 2.04. The van der Waals surface area contributed by atoms with Crippen molar-refractivity contribution in [2.45, 2.75) is 18.4 Å². The number of aliphatic hydroxyl groups excluding tert-OH is 2. The van der Waals surface area contributed by atoms with Gasteiger partial charge in [-0.1, -0.05) is 0 Å². The number of carboxylic acid groups (broad SMARTS) is 1. The number of halogens is 4. The summed E-state index contributed by atoms with van der Waals surface area (Å²) in [4.78, 5) is 10.9. The Balaban J connectivity index is 3.35. The third kappa shape index (κ3) is 3.59. The van der Waals surface area contributed by atoms with Crippen LogP contribution < -0.4 is 0 Å². The molecule has 0 bridgehead atoms. The molecule has 0 amide bonds. The molecule has 0 saturated heterocycles. The molecule has 0 aliphatic rings. The molecule has 0 aliphatic heterocycles. The lowest BCUT2D eigenvalue weighted by Crippen LogP contribution is -2.22. The van der Waals surface area contributed by atoms with Crippen LogP contribution in [0.15, 0.2) is 18.2 Å². The fourth-order valence-corrected chi connectivity index (χ4v) is 1.64. The van der Waals surface area contributed by atoms with Crippen LogP contribution in [0.5, 0.6) is 0 Å². The van der Waals surface area contributed by atoms with Gasteiger partial charge in [-0.05, 0) is 23.8 Å². The molecule has 1 rings (SSSR count). The molecule has 0 aliphatic carbocycles. The van der Waals surface area contributed by atoms with Crippen LogP contribution in [0.4, 0.5) is 13.2 Å². The number of carboxylic acids is 1. The zero-order valence-corrected chi connectivity index (χ0v) is 10.1. The average Bonchev–Trinajstić information content (AvgIpc) is 2.34. The second kappa shape index (κ2) is 5.77. The van der Waals surface area contributed by atoms with Crippen molar-refractivity contribution in [1.29, 1.82) is 0 Å². The minimum absolute atomic E-state index is 0.448. The molecule has 1 aromatic carbocycles. The number of aromatic carboxylic acids is 1. The van der Waals surface area contributed by atoms with Crippen molar-refractivity contribution >= 4 is 17.6 Å². The van der Waals surface area contributed by atoms with E-state index in [1.165, 1.54) is 0 Å². The number of aliphatic hydroxyl groups is 2. The summed E-state index contributed by atoms with van der Waals surface area (Å²) in [5.41, 5.74) is -2.17. The number of rotatable bonds is 4. The molecule has 0 heterocycles. The van der Waals surface area contributed by atoms with Gasteiger partial charge in [0.2, 0.25) is 0 Å². The van der Waals surface area contributed by atoms with Crippen molar-refractivity contribution in [3.05, 3.63) is 34.9 Å². The summed E-state index contributed by atoms with van der Waals surface area (Å²) in [6.45, 7) is 0. The SMILES string of the molecule is O=C(O)c1ccc(C(F)(F)F)cc1C(O)C(O)CCl. The van der Waals surface area contributed by atoms with E-state index in [2.05, 4.69) is 0 Å². The summed E-state index contributed by atoms with van der Waals surface area (Å²) in [6, 6.07) is 1.81. The van der Waals surface area contributed by atoms with Crippen molar-refractivity contribution in [2.24, 2.45) is 0 Å². The minimum Gasteiger partial charge on any atom is -0.478 e. The van der Waals surface area contributed by atoms with Crippen LogP contribution in [0.1, 0.15) is 27.6 Å². The lowest BCUT2D eigenvalue weighted by molar-refractivity contribution is -0.137. The van der Waals surface area contributed by atoms with E-state index >= 15 is 0 Å². The Morgan fingerprint density at radius 2 is 1.89 bits per heavy atom. The Morgan fingerprint density at radius 3 is 2.32 bits per heavy atom. The summed E-state index contributed by atoms with van der Waals surface area (Å²) >= 11 is 5.28. The normalized spacial score (nSPS) is 15.1. The second-order valence-corrected chi connectivity index (χ2v) is 4.08. The van der Waals surface area contributed by atoms with Gasteiger partial charge in [0.25, 0.3) is 0 Å². The minimum atomic E-state index is -4.68. The third-order valence-electron chi connectivity index (χ3n) is 2.45. The van der Waals surface area contributed by atoms with Crippen molar-refractivity contribution in [3.8, 4) is 0 Å². The topological polar surface area (TPSA) is 77.8 Å². The average molecular weight is 299 g/mol. The number of benzene rings is 1. The fourth-order valence-electron chi connectivity index (χ4n) is 1.47. The molecule has 8 heteroatoms. The van der Waals surface area contributed by atoms with E-state index in [0.29, 0.717) is 12.1 Å². The van der Waals surface area contributed by atoms with Gasteiger partial charge in [-0.3, -0.25) is 0 Å². The zero-order chi connectivity index (χ0) is 14.8. The highest BCUT2D eigenvalue weighted by Crippen LogP contribution is 2.33. The van der Waals surface area contributed by atoms with Crippen molar-refractivity contribution in [3.63, 3.8) is 0 Å². The maximum Gasteiger partial charge on any atom is 0.416 e. The number of carbonyl (C=O) groups is 1. The van der Waals surface area contributed by atoms with Crippen molar-refractivity contribution in [2.75, 3.05) is 5.88 Å². The van der Waals surface area contributed by atoms with E-state index in [4.69, 9.17) is 16.7 Å². The van der Waals surface area contributed by atoms with Crippen LogP contribution in [-0.2, 0) is 6.18 Å². The fraction of sp³-hybridized carbons (Fsp3) is 0.364.